The van der Waals surface area contributed by atoms with Gasteiger partial charge in [-0.25, -0.2) is 9.97 Å². The van der Waals surface area contributed by atoms with E-state index < -0.39 is 0 Å². The van der Waals surface area contributed by atoms with Crippen LogP contribution in [0.15, 0.2) is 42.7 Å². The minimum Gasteiger partial charge on any atom is -0.368 e. The third kappa shape index (κ3) is 3.75. The van der Waals surface area contributed by atoms with E-state index in [1.807, 2.05) is 44.4 Å². The molecule has 0 unspecified atom stereocenters. The highest BCUT2D eigenvalue weighted by Crippen LogP contribution is 2.27. The molecule has 0 aliphatic carbocycles. The van der Waals surface area contributed by atoms with Gasteiger partial charge in [0.1, 0.15) is 5.82 Å². The molecule has 23 heavy (non-hydrogen) atoms. The summed E-state index contributed by atoms with van der Waals surface area (Å²) >= 11 is 6.13. The van der Waals surface area contributed by atoms with Gasteiger partial charge in [-0.1, -0.05) is 11.6 Å². The Kier molecular flexibility index (Phi) is 4.69. The highest BCUT2D eigenvalue weighted by atomic mass is 35.5. The van der Waals surface area contributed by atoms with E-state index >= 15 is 0 Å². The van der Waals surface area contributed by atoms with Crippen LogP contribution in [0.25, 0.3) is 22.3 Å². The summed E-state index contributed by atoms with van der Waals surface area (Å²) in [7, 11) is 4.08. The van der Waals surface area contributed by atoms with Gasteiger partial charge < -0.3 is 10.2 Å². The maximum absolute atomic E-state index is 6.13. The zero-order chi connectivity index (χ0) is 16.2. The van der Waals surface area contributed by atoms with E-state index in [1.54, 1.807) is 12.4 Å². The smallest absolute Gasteiger partial charge is 0.163 e. The average Bonchev–Trinajstić information content (AvgIpc) is 2.55. The molecule has 1 aromatic carbocycles. The Balaban J connectivity index is 2.04. The molecule has 0 fully saturated rings. The van der Waals surface area contributed by atoms with Crippen molar-refractivity contribution in [3.05, 3.63) is 47.7 Å². The molecule has 0 amide bonds. The van der Waals surface area contributed by atoms with E-state index in [1.165, 1.54) is 0 Å². The van der Waals surface area contributed by atoms with Gasteiger partial charge in [-0.05, 0) is 44.4 Å². The first kappa shape index (κ1) is 15.6. The number of benzene rings is 1. The molecule has 0 bridgehead atoms. The van der Waals surface area contributed by atoms with E-state index in [0.717, 1.165) is 35.4 Å². The first-order chi connectivity index (χ1) is 11.1. The summed E-state index contributed by atoms with van der Waals surface area (Å²) in [6, 6.07) is 9.48. The number of nitrogens with one attached hydrogen (secondary N) is 1. The Bertz CT molecular complexity index is 805. The Morgan fingerprint density at radius 1 is 1.17 bits per heavy atom. The number of halogens is 1. The molecule has 0 radical (unpaired) electrons. The largest absolute Gasteiger partial charge is 0.368 e. The van der Waals surface area contributed by atoms with Gasteiger partial charge in [0.2, 0.25) is 0 Å². The van der Waals surface area contributed by atoms with Crippen LogP contribution in [-0.4, -0.2) is 47.0 Å². The maximum Gasteiger partial charge on any atom is 0.163 e. The van der Waals surface area contributed by atoms with E-state index in [9.17, 15) is 0 Å². The standard InChI is InChI=1S/C17H18ClN5/c1-23(2)9-8-20-17-14-10-13(18)5-6-15(14)21-16(22-17)12-4-3-7-19-11-12/h3-7,10-11H,8-9H2,1-2H3,(H,20,21,22). The van der Waals surface area contributed by atoms with Gasteiger partial charge in [0, 0.05) is 41.5 Å². The quantitative estimate of drug-likeness (QED) is 0.779. The van der Waals surface area contributed by atoms with Crippen LogP contribution in [0.1, 0.15) is 0 Å². The number of hydrogen-bond acceptors (Lipinski definition) is 5. The number of likely N-dealkylation sites (N-methyl/N-ethyl adjacent to an activating group) is 1. The monoisotopic (exact) mass is 327 g/mol. The van der Waals surface area contributed by atoms with Crippen molar-refractivity contribution in [2.24, 2.45) is 0 Å². The van der Waals surface area contributed by atoms with Crippen molar-refractivity contribution in [3.63, 3.8) is 0 Å². The van der Waals surface area contributed by atoms with Gasteiger partial charge in [0.15, 0.2) is 5.82 Å². The highest BCUT2D eigenvalue weighted by Gasteiger charge is 2.10. The second-order valence-corrected chi connectivity index (χ2v) is 5.97. The Morgan fingerprint density at radius 3 is 2.78 bits per heavy atom. The van der Waals surface area contributed by atoms with Crippen LogP contribution in [0.2, 0.25) is 5.02 Å². The fourth-order valence-corrected chi connectivity index (χ4v) is 2.43. The molecule has 2 heterocycles. The number of pyridine rings is 1. The second kappa shape index (κ2) is 6.89. The molecule has 0 spiro atoms. The van der Waals surface area contributed by atoms with Gasteiger partial charge in [0.25, 0.3) is 0 Å². The summed E-state index contributed by atoms with van der Waals surface area (Å²) in [5.74, 6) is 1.44. The van der Waals surface area contributed by atoms with E-state index in [2.05, 4.69) is 25.2 Å². The minimum atomic E-state index is 0.653. The van der Waals surface area contributed by atoms with Crippen LogP contribution in [0.5, 0.6) is 0 Å². The lowest BCUT2D eigenvalue weighted by atomic mass is 10.2. The van der Waals surface area contributed by atoms with Crippen molar-refractivity contribution in [2.45, 2.75) is 0 Å². The predicted molar refractivity (Wildman–Crippen MR) is 94.8 cm³/mol. The first-order valence-corrected chi connectivity index (χ1v) is 7.77. The van der Waals surface area contributed by atoms with Gasteiger partial charge in [-0.15, -0.1) is 0 Å². The van der Waals surface area contributed by atoms with Gasteiger partial charge in [0.05, 0.1) is 5.52 Å². The molecule has 3 rings (SSSR count). The number of hydrogen-bond donors (Lipinski definition) is 1. The third-order valence-electron chi connectivity index (χ3n) is 3.43. The molecule has 3 aromatic rings. The predicted octanol–water partition coefficient (Wildman–Crippen LogP) is 3.32. The second-order valence-electron chi connectivity index (χ2n) is 5.53. The van der Waals surface area contributed by atoms with Gasteiger partial charge >= 0.3 is 0 Å². The number of anilines is 1. The number of fused-ring (bicyclic) bond motifs is 1. The lowest BCUT2D eigenvalue weighted by molar-refractivity contribution is 0.425. The maximum atomic E-state index is 6.13. The SMILES string of the molecule is CN(C)CCNc1nc(-c2cccnc2)nc2ccc(Cl)cc12. The summed E-state index contributed by atoms with van der Waals surface area (Å²) in [4.78, 5) is 15.6. The van der Waals surface area contributed by atoms with Crippen LogP contribution in [0, 0.1) is 0 Å². The topological polar surface area (TPSA) is 53.9 Å². The van der Waals surface area contributed by atoms with Crippen molar-refractivity contribution >= 4 is 28.3 Å². The Morgan fingerprint density at radius 2 is 2.04 bits per heavy atom. The zero-order valence-electron chi connectivity index (χ0n) is 13.1. The van der Waals surface area contributed by atoms with Crippen molar-refractivity contribution in [1.82, 2.24) is 19.9 Å². The molecule has 1 N–H and O–H groups in total. The van der Waals surface area contributed by atoms with Crippen LogP contribution >= 0.6 is 11.6 Å². The number of aromatic nitrogens is 3. The zero-order valence-corrected chi connectivity index (χ0v) is 13.9. The van der Waals surface area contributed by atoms with Crippen molar-refractivity contribution in [1.29, 1.82) is 0 Å². The molecular weight excluding hydrogens is 310 g/mol. The molecule has 0 saturated carbocycles. The molecule has 6 heteroatoms. The Hall–Kier alpha value is -2.24. The lowest BCUT2D eigenvalue weighted by Gasteiger charge is -2.13. The van der Waals surface area contributed by atoms with Crippen LogP contribution in [-0.2, 0) is 0 Å². The van der Waals surface area contributed by atoms with Crippen molar-refractivity contribution in [3.8, 4) is 11.4 Å². The molecule has 118 valence electrons. The summed E-state index contributed by atoms with van der Waals surface area (Å²) in [5.41, 5.74) is 1.75. The molecule has 0 atom stereocenters. The fraction of sp³-hybridized carbons (Fsp3) is 0.235. The Labute approximate surface area is 140 Å². The summed E-state index contributed by atoms with van der Waals surface area (Å²) in [6.45, 7) is 1.70. The van der Waals surface area contributed by atoms with Crippen LogP contribution in [0.4, 0.5) is 5.82 Å². The minimum absolute atomic E-state index is 0.653. The third-order valence-corrected chi connectivity index (χ3v) is 3.66. The van der Waals surface area contributed by atoms with Crippen LogP contribution < -0.4 is 5.32 Å². The summed E-state index contributed by atoms with van der Waals surface area (Å²) in [5, 5.41) is 4.98. The van der Waals surface area contributed by atoms with Crippen LogP contribution in [0.3, 0.4) is 0 Å². The molecular formula is C17H18ClN5. The van der Waals surface area contributed by atoms with E-state index in [4.69, 9.17) is 11.6 Å². The molecule has 0 saturated heterocycles. The van der Waals surface area contributed by atoms with Gasteiger partial charge in [-0.2, -0.15) is 0 Å². The summed E-state index contributed by atoms with van der Waals surface area (Å²) in [6.07, 6.45) is 3.50. The number of rotatable bonds is 5. The highest BCUT2D eigenvalue weighted by molar-refractivity contribution is 6.31. The van der Waals surface area contributed by atoms with Crippen molar-refractivity contribution in [2.75, 3.05) is 32.5 Å². The summed E-state index contributed by atoms with van der Waals surface area (Å²) < 4.78 is 0. The molecule has 0 aliphatic rings. The van der Waals surface area contributed by atoms with E-state index in [0.29, 0.717) is 10.8 Å². The molecule has 5 nitrogen and oxygen atoms in total. The molecule has 0 aliphatic heterocycles. The van der Waals surface area contributed by atoms with Gasteiger partial charge in [-0.3, -0.25) is 4.98 Å². The molecule has 2 aromatic heterocycles. The van der Waals surface area contributed by atoms with Crippen molar-refractivity contribution < 1.29 is 0 Å². The number of nitrogens with zero attached hydrogens (tertiary/aromatic N) is 4. The normalized spacial score (nSPS) is 11.1. The lowest BCUT2D eigenvalue weighted by Crippen LogP contribution is -2.21. The fourth-order valence-electron chi connectivity index (χ4n) is 2.26. The average molecular weight is 328 g/mol. The van der Waals surface area contributed by atoms with E-state index in [-0.39, 0.29) is 0 Å². The first-order valence-electron chi connectivity index (χ1n) is 7.40.